The van der Waals surface area contributed by atoms with Crippen molar-refractivity contribution < 1.29 is 26.8 Å². The molecule has 0 spiro atoms. The maximum Gasteiger partial charge on any atom is 0.244 e. The van der Waals surface area contributed by atoms with Gasteiger partial charge in [-0.05, 0) is 35.7 Å². The molecule has 0 heterocycles. The van der Waals surface area contributed by atoms with E-state index in [1.165, 1.54) is 29.2 Å². The van der Waals surface area contributed by atoms with Gasteiger partial charge in [-0.3, -0.25) is 13.9 Å². The Balaban J connectivity index is 2.07. The molecule has 3 aromatic carbocycles. The van der Waals surface area contributed by atoms with Crippen LogP contribution in [-0.2, 0) is 32.6 Å². The standard InChI is InChI=1S/C29H32ClF2N3O4S/c1-20(2)17-33-29(37)27(15-21-9-5-4-6-10-21)34(18-22-11-7-8-12-25(22)31)28(36)19-35(40(3,38)39)23-13-14-26(32)24(30)16-23/h4-14,16,20,27H,15,17-19H2,1-3H3,(H,33,37)/t27-/m1/s1. The molecular weight excluding hydrogens is 560 g/mol. The highest BCUT2D eigenvalue weighted by Gasteiger charge is 2.33. The molecule has 0 aliphatic carbocycles. The van der Waals surface area contributed by atoms with Crippen LogP contribution in [0.1, 0.15) is 25.0 Å². The van der Waals surface area contributed by atoms with Gasteiger partial charge in [0.1, 0.15) is 24.2 Å². The number of nitrogens with one attached hydrogen (secondary N) is 1. The summed E-state index contributed by atoms with van der Waals surface area (Å²) in [6.45, 7) is 3.17. The van der Waals surface area contributed by atoms with Gasteiger partial charge in [0.25, 0.3) is 0 Å². The lowest BCUT2D eigenvalue weighted by molar-refractivity contribution is -0.140. The Morgan fingerprint density at radius 3 is 2.20 bits per heavy atom. The molecule has 0 saturated heterocycles. The minimum absolute atomic E-state index is 0.0306. The first kappa shape index (κ1) is 31.0. The maximum atomic E-state index is 14.8. The monoisotopic (exact) mass is 591 g/mol. The van der Waals surface area contributed by atoms with E-state index in [1.54, 1.807) is 30.3 Å². The van der Waals surface area contributed by atoms with E-state index in [0.29, 0.717) is 6.54 Å². The van der Waals surface area contributed by atoms with Crippen molar-refractivity contribution in [2.24, 2.45) is 5.92 Å². The molecule has 0 saturated carbocycles. The smallest absolute Gasteiger partial charge is 0.244 e. The van der Waals surface area contributed by atoms with E-state index in [1.807, 2.05) is 19.9 Å². The second-order valence-corrected chi connectivity index (χ2v) is 12.1. The first-order chi connectivity index (χ1) is 18.9. The summed E-state index contributed by atoms with van der Waals surface area (Å²) in [6.07, 6.45) is 1.00. The molecule has 0 bridgehead atoms. The molecule has 7 nitrogen and oxygen atoms in total. The van der Waals surface area contributed by atoms with Crippen molar-refractivity contribution in [3.8, 4) is 0 Å². The number of hydrogen-bond donors (Lipinski definition) is 1. The molecule has 3 aromatic rings. The van der Waals surface area contributed by atoms with E-state index in [-0.39, 0.29) is 35.2 Å². The Labute approximate surface area is 238 Å². The van der Waals surface area contributed by atoms with Gasteiger partial charge in [-0.25, -0.2) is 17.2 Å². The average molecular weight is 592 g/mol. The fourth-order valence-electron chi connectivity index (χ4n) is 4.04. The van der Waals surface area contributed by atoms with Gasteiger partial charge in [0.15, 0.2) is 0 Å². The normalized spacial score (nSPS) is 12.2. The Kier molecular flexibility index (Phi) is 10.6. The van der Waals surface area contributed by atoms with Crippen LogP contribution in [0.15, 0.2) is 72.8 Å². The lowest BCUT2D eigenvalue weighted by atomic mass is 10.0. The van der Waals surface area contributed by atoms with Crippen molar-refractivity contribution in [3.05, 3.63) is 101 Å². The van der Waals surface area contributed by atoms with Gasteiger partial charge >= 0.3 is 0 Å². The number of anilines is 1. The zero-order valence-corrected chi connectivity index (χ0v) is 24.1. The zero-order chi connectivity index (χ0) is 29.4. The number of rotatable bonds is 12. The summed E-state index contributed by atoms with van der Waals surface area (Å²) in [6, 6.07) is 17.1. The third kappa shape index (κ3) is 8.50. The molecule has 0 aliphatic rings. The second-order valence-electron chi connectivity index (χ2n) is 9.83. The summed E-state index contributed by atoms with van der Waals surface area (Å²) in [4.78, 5) is 28.6. The van der Waals surface area contributed by atoms with Gasteiger partial charge in [-0.1, -0.05) is 74.0 Å². The Morgan fingerprint density at radius 2 is 1.60 bits per heavy atom. The minimum Gasteiger partial charge on any atom is -0.354 e. The van der Waals surface area contributed by atoms with E-state index in [2.05, 4.69) is 5.32 Å². The van der Waals surface area contributed by atoms with Crippen LogP contribution in [0.25, 0.3) is 0 Å². The summed E-state index contributed by atoms with van der Waals surface area (Å²) < 4.78 is 54.8. The quantitative estimate of drug-likeness (QED) is 0.328. The van der Waals surface area contributed by atoms with Gasteiger partial charge in [-0.15, -0.1) is 0 Å². The number of benzene rings is 3. The van der Waals surface area contributed by atoms with Crippen molar-refractivity contribution in [1.82, 2.24) is 10.2 Å². The van der Waals surface area contributed by atoms with Gasteiger partial charge in [0, 0.05) is 25.1 Å². The van der Waals surface area contributed by atoms with E-state index in [0.717, 1.165) is 28.3 Å². The number of carbonyl (C=O) groups excluding carboxylic acids is 2. The molecule has 1 N–H and O–H groups in total. The summed E-state index contributed by atoms with van der Waals surface area (Å²) in [5, 5.41) is 2.53. The Bertz CT molecular complexity index is 1440. The van der Waals surface area contributed by atoms with Crippen LogP contribution in [-0.4, -0.2) is 50.5 Å². The molecule has 11 heteroatoms. The summed E-state index contributed by atoms with van der Waals surface area (Å²) >= 11 is 5.89. The lowest BCUT2D eigenvalue weighted by Crippen LogP contribution is -2.53. The first-order valence-corrected chi connectivity index (χ1v) is 14.9. The molecule has 0 unspecified atom stereocenters. The van der Waals surface area contributed by atoms with E-state index < -0.39 is 46.1 Å². The van der Waals surface area contributed by atoms with Gasteiger partial charge in [-0.2, -0.15) is 0 Å². The molecule has 0 fully saturated rings. The fraction of sp³-hybridized carbons (Fsp3) is 0.310. The van der Waals surface area contributed by atoms with E-state index in [9.17, 15) is 26.8 Å². The van der Waals surface area contributed by atoms with Gasteiger partial charge in [0.05, 0.1) is 17.0 Å². The third-order valence-electron chi connectivity index (χ3n) is 6.12. The number of carbonyl (C=O) groups is 2. The fourth-order valence-corrected chi connectivity index (χ4v) is 5.06. The predicted octanol–water partition coefficient (Wildman–Crippen LogP) is 4.80. The van der Waals surface area contributed by atoms with Crippen molar-refractivity contribution in [1.29, 1.82) is 0 Å². The van der Waals surface area contributed by atoms with Crippen LogP contribution in [0, 0.1) is 17.6 Å². The summed E-state index contributed by atoms with van der Waals surface area (Å²) in [5.41, 5.74) is 0.877. The molecule has 3 rings (SSSR count). The summed E-state index contributed by atoms with van der Waals surface area (Å²) in [7, 11) is -4.05. The summed E-state index contributed by atoms with van der Waals surface area (Å²) in [5.74, 6) is -2.42. The molecule has 40 heavy (non-hydrogen) atoms. The van der Waals surface area contributed by atoms with Crippen LogP contribution in [0.5, 0.6) is 0 Å². The molecule has 0 aromatic heterocycles. The number of sulfonamides is 1. The molecule has 0 aliphatic heterocycles. The SMILES string of the molecule is CC(C)CNC(=O)[C@@H](Cc1ccccc1)N(Cc1ccccc1F)C(=O)CN(c1ccc(F)c(Cl)c1)S(C)(=O)=O. The van der Waals surface area contributed by atoms with Crippen LogP contribution in [0.2, 0.25) is 5.02 Å². The van der Waals surface area contributed by atoms with Crippen LogP contribution < -0.4 is 9.62 Å². The zero-order valence-electron chi connectivity index (χ0n) is 22.5. The highest BCUT2D eigenvalue weighted by molar-refractivity contribution is 7.92. The van der Waals surface area contributed by atoms with Crippen LogP contribution >= 0.6 is 11.6 Å². The number of amides is 2. The highest BCUT2D eigenvalue weighted by Crippen LogP contribution is 2.25. The average Bonchev–Trinajstić information content (AvgIpc) is 2.90. The van der Waals surface area contributed by atoms with Crippen molar-refractivity contribution >= 4 is 39.1 Å². The first-order valence-electron chi connectivity index (χ1n) is 12.6. The van der Waals surface area contributed by atoms with Crippen molar-refractivity contribution in [2.75, 3.05) is 23.7 Å². The molecule has 214 valence electrons. The topological polar surface area (TPSA) is 86.8 Å². The second kappa shape index (κ2) is 13.7. The minimum atomic E-state index is -4.05. The highest BCUT2D eigenvalue weighted by atomic mass is 35.5. The third-order valence-corrected chi connectivity index (χ3v) is 7.55. The maximum absolute atomic E-state index is 14.8. The van der Waals surface area contributed by atoms with Crippen molar-refractivity contribution in [3.63, 3.8) is 0 Å². The Morgan fingerprint density at radius 1 is 0.950 bits per heavy atom. The Hall–Kier alpha value is -3.50. The van der Waals surface area contributed by atoms with E-state index >= 15 is 0 Å². The predicted molar refractivity (Wildman–Crippen MR) is 152 cm³/mol. The number of hydrogen-bond acceptors (Lipinski definition) is 4. The number of halogens is 3. The van der Waals surface area contributed by atoms with Crippen LogP contribution in [0.3, 0.4) is 0 Å². The van der Waals surface area contributed by atoms with E-state index in [4.69, 9.17) is 11.6 Å². The van der Waals surface area contributed by atoms with Gasteiger partial charge < -0.3 is 10.2 Å². The molecular formula is C29H32ClF2N3O4S. The van der Waals surface area contributed by atoms with Gasteiger partial charge in [0.2, 0.25) is 21.8 Å². The van der Waals surface area contributed by atoms with Crippen molar-refractivity contribution in [2.45, 2.75) is 32.9 Å². The molecule has 1 atom stereocenters. The molecule has 2 amide bonds. The lowest BCUT2D eigenvalue weighted by Gasteiger charge is -2.33. The number of nitrogens with zero attached hydrogens (tertiary/aromatic N) is 2. The largest absolute Gasteiger partial charge is 0.354 e. The van der Waals surface area contributed by atoms with Crippen LogP contribution in [0.4, 0.5) is 14.5 Å². The molecule has 0 radical (unpaired) electrons.